The average Bonchev–Trinajstić information content (AvgIpc) is 3.65. The molecule has 2 N–H and O–H groups in total. The van der Waals surface area contributed by atoms with Gasteiger partial charge in [0.25, 0.3) is 0 Å². The summed E-state index contributed by atoms with van der Waals surface area (Å²) >= 11 is 0. The Morgan fingerprint density at radius 1 is 0.606 bits per heavy atom. The van der Waals surface area contributed by atoms with E-state index in [1.54, 1.807) is 24.3 Å². The summed E-state index contributed by atoms with van der Waals surface area (Å²) in [5, 5.41) is 19.1. The van der Waals surface area contributed by atoms with Gasteiger partial charge in [0, 0.05) is 5.92 Å². The van der Waals surface area contributed by atoms with Gasteiger partial charge in [0.05, 0.1) is 0 Å². The standard InChI is InChI=1S/C22H30O2.C9H18/c1-2-3-4-5-6-7-8-9-22(18-10-14-20(23)15-11-18)19-12-16-21(24)17-13-19;1-2-3-4-5-6-9-7-8-9/h10-17,22-24H,2-9H2,1H3;9H,2-8H2,1H3. The van der Waals surface area contributed by atoms with Gasteiger partial charge in [-0.15, -0.1) is 0 Å². The van der Waals surface area contributed by atoms with Crippen molar-refractivity contribution in [3.63, 3.8) is 0 Å². The van der Waals surface area contributed by atoms with Crippen LogP contribution in [0.2, 0.25) is 0 Å². The van der Waals surface area contributed by atoms with Gasteiger partial charge in [-0.2, -0.15) is 0 Å². The lowest BCUT2D eigenvalue weighted by atomic mass is 9.86. The Hall–Kier alpha value is -1.96. The van der Waals surface area contributed by atoms with Crippen LogP contribution in [0.5, 0.6) is 11.5 Å². The van der Waals surface area contributed by atoms with Crippen LogP contribution in [-0.4, -0.2) is 10.2 Å². The van der Waals surface area contributed by atoms with Crippen molar-refractivity contribution >= 4 is 0 Å². The molecule has 1 fully saturated rings. The molecule has 0 atom stereocenters. The quantitative estimate of drug-likeness (QED) is 0.264. The first-order chi connectivity index (χ1) is 16.1. The fourth-order valence-electron chi connectivity index (χ4n) is 4.51. The van der Waals surface area contributed by atoms with Crippen molar-refractivity contribution in [2.75, 3.05) is 0 Å². The van der Waals surface area contributed by atoms with Crippen LogP contribution in [0, 0.1) is 5.92 Å². The second-order valence-electron chi connectivity index (χ2n) is 9.94. The topological polar surface area (TPSA) is 40.5 Å². The zero-order valence-corrected chi connectivity index (χ0v) is 21.3. The van der Waals surface area contributed by atoms with Crippen LogP contribution in [0.15, 0.2) is 48.5 Å². The van der Waals surface area contributed by atoms with Gasteiger partial charge in [-0.1, -0.05) is 128 Å². The van der Waals surface area contributed by atoms with Crippen LogP contribution in [0.4, 0.5) is 0 Å². The zero-order chi connectivity index (χ0) is 23.7. The summed E-state index contributed by atoms with van der Waals surface area (Å²) in [7, 11) is 0. The molecule has 0 amide bonds. The molecule has 0 radical (unpaired) electrons. The zero-order valence-electron chi connectivity index (χ0n) is 21.3. The van der Waals surface area contributed by atoms with Gasteiger partial charge >= 0.3 is 0 Å². The second-order valence-corrected chi connectivity index (χ2v) is 9.94. The molecule has 3 rings (SSSR count). The number of hydrogen-bond donors (Lipinski definition) is 2. The smallest absolute Gasteiger partial charge is 0.115 e. The molecule has 2 nitrogen and oxygen atoms in total. The maximum atomic E-state index is 9.53. The maximum Gasteiger partial charge on any atom is 0.115 e. The van der Waals surface area contributed by atoms with Crippen molar-refractivity contribution < 1.29 is 10.2 Å². The summed E-state index contributed by atoms with van der Waals surface area (Å²) < 4.78 is 0. The largest absolute Gasteiger partial charge is 0.508 e. The number of hydrogen-bond acceptors (Lipinski definition) is 2. The van der Waals surface area contributed by atoms with Crippen LogP contribution in [0.25, 0.3) is 0 Å². The molecule has 0 aliphatic heterocycles. The highest BCUT2D eigenvalue weighted by molar-refractivity contribution is 5.37. The number of rotatable bonds is 15. The third-order valence-corrected chi connectivity index (χ3v) is 6.85. The third-order valence-electron chi connectivity index (χ3n) is 6.85. The highest BCUT2D eigenvalue weighted by atomic mass is 16.3. The Morgan fingerprint density at radius 2 is 1.03 bits per heavy atom. The molecule has 2 aromatic carbocycles. The molecule has 33 heavy (non-hydrogen) atoms. The summed E-state index contributed by atoms with van der Waals surface area (Å²) in [6, 6.07) is 15.1. The van der Waals surface area contributed by atoms with Crippen molar-refractivity contribution in [3.05, 3.63) is 59.7 Å². The van der Waals surface area contributed by atoms with Crippen LogP contribution >= 0.6 is 0 Å². The van der Waals surface area contributed by atoms with E-state index in [1.165, 1.54) is 101 Å². The number of phenols is 2. The predicted molar refractivity (Wildman–Crippen MR) is 142 cm³/mol. The lowest BCUT2D eigenvalue weighted by Crippen LogP contribution is -2.01. The van der Waals surface area contributed by atoms with Crippen LogP contribution in [-0.2, 0) is 0 Å². The Labute approximate surface area is 203 Å². The fraction of sp³-hybridized carbons (Fsp3) is 0.613. The summed E-state index contributed by atoms with van der Waals surface area (Å²) in [6.45, 7) is 4.52. The van der Waals surface area contributed by atoms with Gasteiger partial charge in [0.15, 0.2) is 0 Å². The SMILES string of the molecule is CCCCCCC1CC1.CCCCCCCCCC(c1ccc(O)cc1)c1ccc(O)cc1. The molecule has 0 saturated heterocycles. The predicted octanol–water partition coefficient (Wildman–Crippen LogP) is 9.74. The first-order valence-electron chi connectivity index (χ1n) is 13.7. The molecule has 0 bridgehead atoms. The van der Waals surface area contributed by atoms with Gasteiger partial charge in [0.2, 0.25) is 0 Å². The van der Waals surface area contributed by atoms with Gasteiger partial charge in [-0.3, -0.25) is 0 Å². The van der Waals surface area contributed by atoms with Crippen LogP contribution in [0.1, 0.15) is 127 Å². The van der Waals surface area contributed by atoms with E-state index in [0.717, 1.165) is 12.3 Å². The monoisotopic (exact) mass is 452 g/mol. The first kappa shape index (κ1) is 27.3. The van der Waals surface area contributed by atoms with E-state index in [0.29, 0.717) is 17.4 Å². The first-order valence-corrected chi connectivity index (χ1v) is 13.7. The van der Waals surface area contributed by atoms with E-state index in [1.807, 2.05) is 24.3 Å². The average molecular weight is 453 g/mol. The third kappa shape index (κ3) is 12.2. The molecular weight excluding hydrogens is 404 g/mol. The second kappa shape index (κ2) is 16.6. The molecule has 1 aliphatic rings. The molecule has 2 heteroatoms. The van der Waals surface area contributed by atoms with Crippen molar-refractivity contribution in [2.45, 2.75) is 116 Å². The van der Waals surface area contributed by atoms with Gasteiger partial charge in [-0.05, 0) is 47.7 Å². The van der Waals surface area contributed by atoms with E-state index < -0.39 is 0 Å². The molecule has 184 valence electrons. The Bertz CT molecular complexity index is 670. The Morgan fingerprint density at radius 3 is 1.48 bits per heavy atom. The molecule has 0 aromatic heterocycles. The normalized spacial score (nSPS) is 13.1. The summed E-state index contributed by atoms with van der Waals surface area (Å²) in [5.74, 6) is 2.09. The number of aromatic hydroxyl groups is 2. The number of unbranched alkanes of at least 4 members (excludes halogenated alkanes) is 9. The highest BCUT2D eigenvalue weighted by Gasteiger charge is 2.19. The Kier molecular flexibility index (Phi) is 13.7. The maximum absolute atomic E-state index is 9.53. The van der Waals surface area contributed by atoms with E-state index >= 15 is 0 Å². The summed E-state index contributed by atoms with van der Waals surface area (Å²) in [5.41, 5.74) is 2.45. The molecular formula is C31H48O2. The minimum Gasteiger partial charge on any atom is -0.508 e. The fourth-order valence-corrected chi connectivity index (χ4v) is 4.51. The van der Waals surface area contributed by atoms with Gasteiger partial charge in [0.1, 0.15) is 11.5 Å². The van der Waals surface area contributed by atoms with E-state index in [-0.39, 0.29) is 0 Å². The molecule has 0 unspecified atom stereocenters. The lowest BCUT2D eigenvalue weighted by molar-refractivity contribution is 0.474. The minimum atomic E-state index is 0.305. The highest BCUT2D eigenvalue weighted by Crippen LogP contribution is 2.34. The van der Waals surface area contributed by atoms with E-state index in [9.17, 15) is 10.2 Å². The van der Waals surface area contributed by atoms with Gasteiger partial charge < -0.3 is 10.2 Å². The van der Waals surface area contributed by atoms with Crippen LogP contribution in [0.3, 0.4) is 0 Å². The molecule has 1 saturated carbocycles. The van der Waals surface area contributed by atoms with Crippen molar-refractivity contribution in [1.29, 1.82) is 0 Å². The molecule has 0 heterocycles. The van der Waals surface area contributed by atoms with Crippen molar-refractivity contribution in [1.82, 2.24) is 0 Å². The number of benzene rings is 2. The molecule has 2 aromatic rings. The van der Waals surface area contributed by atoms with Crippen LogP contribution < -0.4 is 0 Å². The van der Waals surface area contributed by atoms with E-state index in [2.05, 4.69) is 13.8 Å². The minimum absolute atomic E-state index is 0.305. The number of phenolic OH excluding ortho intramolecular Hbond substituents is 2. The van der Waals surface area contributed by atoms with Crippen molar-refractivity contribution in [2.24, 2.45) is 5.92 Å². The van der Waals surface area contributed by atoms with E-state index in [4.69, 9.17) is 0 Å². The molecule has 1 aliphatic carbocycles. The summed E-state index contributed by atoms with van der Waals surface area (Å²) in [6.07, 6.45) is 20.7. The molecule has 0 spiro atoms. The summed E-state index contributed by atoms with van der Waals surface area (Å²) in [4.78, 5) is 0. The van der Waals surface area contributed by atoms with Crippen molar-refractivity contribution in [3.8, 4) is 11.5 Å². The lowest BCUT2D eigenvalue weighted by Gasteiger charge is -2.18. The van der Waals surface area contributed by atoms with Gasteiger partial charge in [-0.25, -0.2) is 0 Å². The Balaban J connectivity index is 0.000000357.